The number of ether oxygens (including phenoxy) is 1. The summed E-state index contributed by atoms with van der Waals surface area (Å²) >= 11 is 1.72. The molecule has 1 aromatic heterocycles. The van der Waals surface area contributed by atoms with Gasteiger partial charge in [-0.25, -0.2) is 4.98 Å². The molecular weight excluding hydrogens is 268 g/mol. The lowest BCUT2D eigenvalue weighted by Gasteiger charge is -2.06. The second kappa shape index (κ2) is 5.92. The van der Waals surface area contributed by atoms with Crippen molar-refractivity contribution in [1.82, 2.24) is 9.97 Å². The second-order valence-corrected chi connectivity index (χ2v) is 5.23. The Kier molecular flexibility index (Phi) is 3.83. The average molecular weight is 282 g/mol. The van der Waals surface area contributed by atoms with Gasteiger partial charge in [0, 0.05) is 16.5 Å². The Morgan fingerprint density at radius 2 is 2.00 bits per heavy atom. The summed E-state index contributed by atoms with van der Waals surface area (Å²) < 4.78 is 5.67. The van der Waals surface area contributed by atoms with Crippen LogP contribution in [-0.2, 0) is 6.61 Å². The van der Waals surface area contributed by atoms with Crippen LogP contribution in [0.2, 0.25) is 0 Å². The Morgan fingerprint density at radius 3 is 2.90 bits per heavy atom. The van der Waals surface area contributed by atoms with E-state index < -0.39 is 0 Å². The summed E-state index contributed by atoms with van der Waals surface area (Å²) in [4.78, 5) is 9.85. The topological polar surface area (TPSA) is 35.0 Å². The van der Waals surface area contributed by atoms with Gasteiger partial charge in [0.1, 0.15) is 6.61 Å². The number of para-hydroxylation sites is 1. The Bertz CT molecular complexity index is 730. The first-order chi connectivity index (χ1) is 9.85. The SMILES string of the molecule is CSc1cccc(COc2ncc3ccccc3n2)c1. The second-order valence-electron chi connectivity index (χ2n) is 4.35. The molecule has 0 atom stereocenters. The fraction of sp³-hybridized carbons (Fsp3) is 0.125. The third-order valence-electron chi connectivity index (χ3n) is 2.97. The van der Waals surface area contributed by atoms with Gasteiger partial charge < -0.3 is 4.74 Å². The quantitative estimate of drug-likeness (QED) is 0.679. The lowest BCUT2D eigenvalue weighted by molar-refractivity contribution is 0.282. The van der Waals surface area contributed by atoms with E-state index in [9.17, 15) is 0 Å². The smallest absolute Gasteiger partial charge is 0.317 e. The summed E-state index contributed by atoms with van der Waals surface area (Å²) in [7, 11) is 0. The van der Waals surface area contributed by atoms with Gasteiger partial charge in [0.05, 0.1) is 5.52 Å². The molecule has 20 heavy (non-hydrogen) atoms. The molecule has 0 bridgehead atoms. The van der Waals surface area contributed by atoms with E-state index in [0.717, 1.165) is 16.5 Å². The van der Waals surface area contributed by atoms with Crippen LogP contribution in [0.1, 0.15) is 5.56 Å². The molecule has 3 aromatic rings. The van der Waals surface area contributed by atoms with Gasteiger partial charge in [0.25, 0.3) is 0 Å². The molecule has 0 saturated carbocycles. The average Bonchev–Trinajstić information content (AvgIpc) is 2.53. The van der Waals surface area contributed by atoms with E-state index >= 15 is 0 Å². The van der Waals surface area contributed by atoms with Gasteiger partial charge in [-0.15, -0.1) is 11.8 Å². The van der Waals surface area contributed by atoms with Gasteiger partial charge in [-0.3, -0.25) is 0 Å². The molecule has 0 unspecified atom stereocenters. The summed E-state index contributed by atoms with van der Waals surface area (Å²) in [5.41, 5.74) is 2.02. The van der Waals surface area contributed by atoms with E-state index in [1.165, 1.54) is 4.90 Å². The van der Waals surface area contributed by atoms with Crippen molar-refractivity contribution in [2.75, 3.05) is 6.26 Å². The van der Waals surface area contributed by atoms with Gasteiger partial charge in [0.15, 0.2) is 0 Å². The molecule has 0 fully saturated rings. The normalized spacial score (nSPS) is 10.7. The lowest BCUT2D eigenvalue weighted by Crippen LogP contribution is -1.99. The van der Waals surface area contributed by atoms with Gasteiger partial charge in [-0.05, 0) is 30.0 Å². The van der Waals surface area contributed by atoms with Crippen LogP contribution in [0.25, 0.3) is 10.9 Å². The van der Waals surface area contributed by atoms with Gasteiger partial charge in [0.2, 0.25) is 0 Å². The zero-order valence-electron chi connectivity index (χ0n) is 11.1. The highest BCUT2D eigenvalue weighted by molar-refractivity contribution is 7.98. The summed E-state index contributed by atoms with van der Waals surface area (Å²) in [6.07, 6.45) is 3.85. The van der Waals surface area contributed by atoms with Crippen LogP contribution in [0.15, 0.2) is 59.6 Å². The highest BCUT2D eigenvalue weighted by Crippen LogP contribution is 2.17. The van der Waals surface area contributed by atoms with Crippen LogP contribution in [0.3, 0.4) is 0 Å². The third kappa shape index (κ3) is 2.91. The maximum atomic E-state index is 5.67. The fourth-order valence-electron chi connectivity index (χ4n) is 1.93. The molecule has 2 aromatic carbocycles. The van der Waals surface area contributed by atoms with E-state index in [-0.39, 0.29) is 0 Å². The molecule has 0 N–H and O–H groups in total. The van der Waals surface area contributed by atoms with Crippen molar-refractivity contribution in [3.63, 3.8) is 0 Å². The number of thioether (sulfide) groups is 1. The van der Waals surface area contributed by atoms with Crippen molar-refractivity contribution in [2.45, 2.75) is 11.5 Å². The highest BCUT2D eigenvalue weighted by Gasteiger charge is 2.02. The molecule has 0 amide bonds. The molecular formula is C16H14N2OS. The van der Waals surface area contributed by atoms with Crippen molar-refractivity contribution in [3.05, 3.63) is 60.3 Å². The van der Waals surface area contributed by atoms with E-state index in [4.69, 9.17) is 4.74 Å². The first-order valence-electron chi connectivity index (χ1n) is 6.33. The first-order valence-corrected chi connectivity index (χ1v) is 7.55. The molecule has 0 saturated heterocycles. The van der Waals surface area contributed by atoms with Crippen LogP contribution in [0, 0.1) is 0 Å². The third-order valence-corrected chi connectivity index (χ3v) is 3.69. The number of fused-ring (bicyclic) bond motifs is 1. The molecule has 0 radical (unpaired) electrons. The molecule has 0 aliphatic rings. The van der Waals surface area contributed by atoms with E-state index in [0.29, 0.717) is 12.6 Å². The zero-order valence-corrected chi connectivity index (χ0v) is 11.9. The largest absolute Gasteiger partial charge is 0.459 e. The summed E-state index contributed by atoms with van der Waals surface area (Å²) in [5.74, 6) is 0. The highest BCUT2D eigenvalue weighted by atomic mass is 32.2. The molecule has 3 nitrogen and oxygen atoms in total. The van der Waals surface area contributed by atoms with Crippen molar-refractivity contribution in [3.8, 4) is 6.01 Å². The van der Waals surface area contributed by atoms with E-state index in [1.54, 1.807) is 18.0 Å². The molecule has 0 spiro atoms. The van der Waals surface area contributed by atoms with Gasteiger partial charge in [-0.2, -0.15) is 4.98 Å². The van der Waals surface area contributed by atoms with E-state index in [1.807, 2.05) is 36.4 Å². The van der Waals surface area contributed by atoms with Gasteiger partial charge in [-0.1, -0.05) is 30.3 Å². The van der Waals surface area contributed by atoms with Crippen LogP contribution < -0.4 is 4.74 Å². The molecule has 0 aliphatic heterocycles. The van der Waals surface area contributed by atoms with Crippen LogP contribution in [0.5, 0.6) is 6.01 Å². The minimum Gasteiger partial charge on any atom is -0.459 e. The first kappa shape index (κ1) is 12.9. The van der Waals surface area contributed by atoms with Crippen molar-refractivity contribution in [2.24, 2.45) is 0 Å². The van der Waals surface area contributed by atoms with Gasteiger partial charge >= 0.3 is 6.01 Å². The molecule has 100 valence electrons. The number of hydrogen-bond donors (Lipinski definition) is 0. The molecule has 0 aliphatic carbocycles. The number of rotatable bonds is 4. The zero-order chi connectivity index (χ0) is 13.8. The molecule has 4 heteroatoms. The Morgan fingerprint density at radius 1 is 1.10 bits per heavy atom. The van der Waals surface area contributed by atoms with Crippen LogP contribution in [0.4, 0.5) is 0 Å². The van der Waals surface area contributed by atoms with Crippen molar-refractivity contribution >= 4 is 22.7 Å². The summed E-state index contributed by atoms with van der Waals surface area (Å²) in [6.45, 7) is 0.479. The fourth-order valence-corrected chi connectivity index (χ4v) is 2.42. The summed E-state index contributed by atoms with van der Waals surface area (Å²) in [6, 6.07) is 16.6. The monoisotopic (exact) mass is 282 g/mol. The lowest BCUT2D eigenvalue weighted by atomic mass is 10.2. The van der Waals surface area contributed by atoms with Crippen LogP contribution >= 0.6 is 11.8 Å². The molecule has 1 heterocycles. The predicted octanol–water partition coefficient (Wildman–Crippen LogP) is 3.93. The number of aromatic nitrogens is 2. The van der Waals surface area contributed by atoms with Crippen molar-refractivity contribution < 1.29 is 4.74 Å². The number of nitrogens with zero attached hydrogens (tertiary/aromatic N) is 2. The maximum Gasteiger partial charge on any atom is 0.317 e. The predicted molar refractivity (Wildman–Crippen MR) is 82.1 cm³/mol. The summed E-state index contributed by atoms with van der Waals surface area (Å²) in [5, 5.41) is 1.02. The Hall–Kier alpha value is -2.07. The minimum absolute atomic E-state index is 0.415. The van der Waals surface area contributed by atoms with Crippen molar-refractivity contribution in [1.29, 1.82) is 0 Å². The van der Waals surface area contributed by atoms with Crippen LogP contribution in [-0.4, -0.2) is 16.2 Å². The number of benzene rings is 2. The standard InChI is InChI=1S/C16H14N2OS/c1-20-14-7-4-5-12(9-14)11-19-16-17-10-13-6-2-3-8-15(13)18-16/h2-10H,11H2,1H3. The van der Waals surface area contributed by atoms with E-state index in [2.05, 4.69) is 28.4 Å². The Balaban J connectivity index is 1.76. The Labute approximate surface area is 122 Å². The minimum atomic E-state index is 0.415. The maximum absolute atomic E-state index is 5.67. The molecule has 3 rings (SSSR count). The number of hydrogen-bond acceptors (Lipinski definition) is 4.